The van der Waals surface area contributed by atoms with Gasteiger partial charge in [-0.05, 0) is 24.7 Å². The maximum atomic E-state index is 4.00. The van der Waals surface area contributed by atoms with Crippen LogP contribution in [0.15, 0.2) is 30.7 Å². The zero-order chi connectivity index (χ0) is 10.7. The molecule has 0 amide bonds. The Morgan fingerprint density at radius 1 is 1.33 bits per heavy atom. The molecule has 15 heavy (non-hydrogen) atoms. The van der Waals surface area contributed by atoms with E-state index in [2.05, 4.69) is 20.6 Å². The van der Waals surface area contributed by atoms with Crippen LogP contribution in [0.4, 0.5) is 0 Å². The molecule has 0 saturated heterocycles. The van der Waals surface area contributed by atoms with Crippen molar-refractivity contribution in [1.29, 1.82) is 0 Å². The topological polar surface area (TPSA) is 55.6 Å². The summed E-state index contributed by atoms with van der Waals surface area (Å²) in [4.78, 5) is 4.00. The first-order valence-corrected chi connectivity index (χ1v) is 4.74. The van der Waals surface area contributed by atoms with E-state index < -0.39 is 0 Å². The van der Waals surface area contributed by atoms with Crippen molar-refractivity contribution in [2.24, 2.45) is 7.05 Å². The van der Waals surface area contributed by atoms with Crippen LogP contribution in [0, 0.1) is 0 Å². The minimum absolute atomic E-state index is 0.105. The maximum absolute atomic E-state index is 4.00. The minimum atomic E-state index is 0.105. The van der Waals surface area contributed by atoms with E-state index in [9.17, 15) is 0 Å². The van der Waals surface area contributed by atoms with Gasteiger partial charge < -0.3 is 5.32 Å². The number of aryl methyl sites for hydroxylation is 1. The quantitative estimate of drug-likeness (QED) is 0.790. The van der Waals surface area contributed by atoms with Crippen molar-refractivity contribution in [3.05, 3.63) is 42.0 Å². The first-order valence-electron chi connectivity index (χ1n) is 4.74. The van der Waals surface area contributed by atoms with Crippen LogP contribution in [0.5, 0.6) is 0 Å². The molecule has 0 fully saturated rings. The van der Waals surface area contributed by atoms with Gasteiger partial charge >= 0.3 is 0 Å². The van der Waals surface area contributed by atoms with Crippen molar-refractivity contribution in [3.63, 3.8) is 0 Å². The van der Waals surface area contributed by atoms with Crippen LogP contribution in [0.3, 0.4) is 0 Å². The van der Waals surface area contributed by atoms with Gasteiger partial charge in [-0.25, -0.2) is 0 Å². The molecular weight excluding hydrogens is 190 g/mol. The van der Waals surface area contributed by atoms with Crippen LogP contribution >= 0.6 is 0 Å². The summed E-state index contributed by atoms with van der Waals surface area (Å²) in [5.41, 5.74) is 2.18. The second-order valence-corrected chi connectivity index (χ2v) is 3.28. The first-order chi connectivity index (χ1) is 7.33. The molecule has 5 heteroatoms. The fourth-order valence-electron chi connectivity index (χ4n) is 1.60. The smallest absolute Gasteiger partial charge is 0.0798 e. The summed E-state index contributed by atoms with van der Waals surface area (Å²) in [5, 5.41) is 11.0. The lowest BCUT2D eigenvalue weighted by molar-refractivity contribution is 0.597. The summed E-state index contributed by atoms with van der Waals surface area (Å²) in [7, 11) is 3.80. The number of hydrogen-bond donors (Lipinski definition) is 1. The SMILES string of the molecule is CNC(c1ccncc1)c1cnnn1C. The van der Waals surface area contributed by atoms with Gasteiger partial charge in [-0.2, -0.15) is 0 Å². The van der Waals surface area contributed by atoms with Crippen LogP contribution in [0.1, 0.15) is 17.3 Å². The molecule has 0 aliphatic heterocycles. The number of rotatable bonds is 3. The molecule has 2 aromatic heterocycles. The van der Waals surface area contributed by atoms with Gasteiger partial charge in [0.15, 0.2) is 0 Å². The lowest BCUT2D eigenvalue weighted by Crippen LogP contribution is -2.20. The second-order valence-electron chi connectivity index (χ2n) is 3.28. The molecule has 1 atom stereocenters. The molecule has 0 aromatic carbocycles. The van der Waals surface area contributed by atoms with Gasteiger partial charge in [-0.3, -0.25) is 9.67 Å². The average Bonchev–Trinajstić information content (AvgIpc) is 2.68. The average molecular weight is 203 g/mol. The monoisotopic (exact) mass is 203 g/mol. The van der Waals surface area contributed by atoms with Gasteiger partial charge in [0.2, 0.25) is 0 Å². The van der Waals surface area contributed by atoms with E-state index in [0.717, 1.165) is 11.3 Å². The lowest BCUT2D eigenvalue weighted by Gasteiger charge is -2.15. The lowest BCUT2D eigenvalue weighted by atomic mass is 10.1. The van der Waals surface area contributed by atoms with Gasteiger partial charge in [0.05, 0.1) is 17.9 Å². The third-order valence-electron chi connectivity index (χ3n) is 2.37. The predicted octanol–water partition coefficient (Wildman–Crippen LogP) is 0.519. The Kier molecular flexibility index (Phi) is 2.73. The van der Waals surface area contributed by atoms with E-state index in [1.165, 1.54) is 0 Å². The molecule has 0 saturated carbocycles. The zero-order valence-electron chi connectivity index (χ0n) is 8.75. The molecule has 0 radical (unpaired) electrons. The largest absolute Gasteiger partial charge is 0.308 e. The molecule has 1 unspecified atom stereocenters. The fourth-order valence-corrected chi connectivity index (χ4v) is 1.60. The van der Waals surface area contributed by atoms with E-state index in [4.69, 9.17) is 0 Å². The summed E-state index contributed by atoms with van der Waals surface area (Å²) >= 11 is 0. The number of nitrogens with one attached hydrogen (secondary N) is 1. The molecule has 0 aliphatic rings. The van der Waals surface area contributed by atoms with Crippen molar-refractivity contribution >= 4 is 0 Å². The normalized spacial score (nSPS) is 12.7. The molecule has 0 spiro atoms. The fraction of sp³-hybridized carbons (Fsp3) is 0.300. The Hall–Kier alpha value is -1.75. The molecule has 0 bridgehead atoms. The van der Waals surface area contributed by atoms with Gasteiger partial charge in [0.1, 0.15) is 0 Å². The Balaban J connectivity index is 2.37. The first kappa shape index (κ1) is 9.79. The number of hydrogen-bond acceptors (Lipinski definition) is 4. The molecule has 2 aromatic rings. The Bertz CT molecular complexity index is 422. The third kappa shape index (κ3) is 1.87. The molecule has 5 nitrogen and oxygen atoms in total. The highest BCUT2D eigenvalue weighted by Gasteiger charge is 2.15. The molecule has 78 valence electrons. The highest BCUT2D eigenvalue weighted by atomic mass is 15.4. The molecule has 1 N–H and O–H groups in total. The van der Waals surface area contributed by atoms with E-state index in [1.807, 2.05) is 26.2 Å². The molecule has 0 aliphatic carbocycles. The van der Waals surface area contributed by atoms with E-state index in [0.29, 0.717) is 0 Å². The maximum Gasteiger partial charge on any atom is 0.0798 e. The number of aromatic nitrogens is 4. The summed E-state index contributed by atoms with van der Waals surface area (Å²) in [6.07, 6.45) is 5.33. The standard InChI is InChI=1S/C10H13N5/c1-11-10(8-3-5-12-6-4-8)9-7-13-14-15(9)2/h3-7,10-11H,1-2H3. The highest BCUT2D eigenvalue weighted by Crippen LogP contribution is 2.18. The van der Waals surface area contributed by atoms with E-state index in [1.54, 1.807) is 23.3 Å². The van der Waals surface area contributed by atoms with Crippen LogP contribution in [-0.4, -0.2) is 27.0 Å². The predicted molar refractivity (Wildman–Crippen MR) is 56.1 cm³/mol. The van der Waals surface area contributed by atoms with E-state index >= 15 is 0 Å². The number of nitrogens with zero attached hydrogens (tertiary/aromatic N) is 4. The Labute approximate surface area is 88.1 Å². The van der Waals surface area contributed by atoms with Gasteiger partial charge in [-0.1, -0.05) is 5.21 Å². The minimum Gasteiger partial charge on any atom is -0.308 e. The van der Waals surface area contributed by atoms with Crippen LogP contribution in [0.2, 0.25) is 0 Å². The Morgan fingerprint density at radius 2 is 2.07 bits per heavy atom. The van der Waals surface area contributed by atoms with Crippen LogP contribution in [0.25, 0.3) is 0 Å². The van der Waals surface area contributed by atoms with Crippen molar-refractivity contribution in [3.8, 4) is 0 Å². The third-order valence-corrected chi connectivity index (χ3v) is 2.37. The summed E-state index contributed by atoms with van der Waals surface area (Å²) in [6, 6.07) is 4.07. The van der Waals surface area contributed by atoms with Crippen LogP contribution < -0.4 is 5.32 Å². The Morgan fingerprint density at radius 3 is 2.60 bits per heavy atom. The molecule has 2 heterocycles. The van der Waals surface area contributed by atoms with Gasteiger partial charge in [0.25, 0.3) is 0 Å². The van der Waals surface area contributed by atoms with Gasteiger partial charge in [0, 0.05) is 19.4 Å². The van der Waals surface area contributed by atoms with Crippen molar-refractivity contribution in [2.75, 3.05) is 7.05 Å². The highest BCUT2D eigenvalue weighted by molar-refractivity contribution is 5.24. The van der Waals surface area contributed by atoms with Crippen LogP contribution in [-0.2, 0) is 7.05 Å². The van der Waals surface area contributed by atoms with Crippen molar-refractivity contribution < 1.29 is 0 Å². The zero-order valence-corrected chi connectivity index (χ0v) is 8.75. The van der Waals surface area contributed by atoms with Crippen molar-refractivity contribution in [2.45, 2.75) is 6.04 Å². The summed E-state index contributed by atoms with van der Waals surface area (Å²) in [5.74, 6) is 0. The summed E-state index contributed by atoms with van der Waals surface area (Å²) < 4.78 is 1.77. The summed E-state index contributed by atoms with van der Waals surface area (Å²) in [6.45, 7) is 0. The van der Waals surface area contributed by atoms with E-state index in [-0.39, 0.29) is 6.04 Å². The van der Waals surface area contributed by atoms with Crippen molar-refractivity contribution in [1.82, 2.24) is 25.3 Å². The van der Waals surface area contributed by atoms with Gasteiger partial charge in [-0.15, -0.1) is 5.10 Å². The number of pyridine rings is 1. The molecular formula is C10H13N5. The second kappa shape index (κ2) is 4.18. The molecule has 2 rings (SSSR count).